The molecular weight excluding hydrogens is 269 g/mol. The molecule has 1 unspecified atom stereocenters. The molecule has 1 N–H and O–H groups in total. The Morgan fingerprint density at radius 1 is 1.06 bits per heavy atom. The summed E-state index contributed by atoms with van der Waals surface area (Å²) in [5, 5.41) is 19.9. The minimum atomic E-state index is -0.857. The zero-order valence-electron chi connectivity index (χ0n) is 9.27. The molecule has 0 aliphatic heterocycles. The average molecular weight is 278 g/mol. The van der Waals surface area contributed by atoms with Crippen LogP contribution in [0.4, 0.5) is 0 Å². The normalized spacial score (nSPS) is 11.9. The molecule has 0 aromatic heterocycles. The maximum absolute atomic E-state index is 10.2. The van der Waals surface area contributed by atoms with E-state index in [9.17, 15) is 5.11 Å². The highest BCUT2D eigenvalue weighted by atomic mass is 35.5. The highest BCUT2D eigenvalue weighted by Gasteiger charge is 2.14. The zero-order chi connectivity index (χ0) is 13.1. The summed E-state index contributed by atoms with van der Waals surface area (Å²) in [6.45, 7) is 0. The molecule has 0 amide bonds. The summed E-state index contributed by atoms with van der Waals surface area (Å²) in [6, 6.07) is 13.7. The Morgan fingerprint density at radius 2 is 1.72 bits per heavy atom. The van der Waals surface area contributed by atoms with Gasteiger partial charge in [-0.1, -0.05) is 35.3 Å². The molecule has 0 bridgehead atoms. The molecule has 0 heterocycles. The largest absolute Gasteiger partial charge is 0.384 e. The molecule has 2 nitrogen and oxygen atoms in total. The smallest absolute Gasteiger partial charge is 0.106 e. The van der Waals surface area contributed by atoms with Gasteiger partial charge in [-0.05, 0) is 35.9 Å². The van der Waals surface area contributed by atoms with E-state index in [0.717, 1.165) is 0 Å². The number of hydrogen-bond acceptors (Lipinski definition) is 2. The lowest BCUT2D eigenvalue weighted by Crippen LogP contribution is -2.00. The highest BCUT2D eigenvalue weighted by Crippen LogP contribution is 2.30. The Bertz CT molecular complexity index is 602. The second-order valence-corrected chi connectivity index (χ2v) is 4.65. The maximum atomic E-state index is 10.2. The summed E-state index contributed by atoms with van der Waals surface area (Å²) in [7, 11) is 0. The molecule has 0 aliphatic rings. The molecule has 0 saturated carbocycles. The second kappa shape index (κ2) is 5.41. The quantitative estimate of drug-likeness (QED) is 0.904. The van der Waals surface area contributed by atoms with Crippen molar-refractivity contribution >= 4 is 23.2 Å². The number of nitrogens with zero attached hydrogens (tertiary/aromatic N) is 1. The van der Waals surface area contributed by atoms with Gasteiger partial charge < -0.3 is 5.11 Å². The van der Waals surface area contributed by atoms with Crippen LogP contribution >= 0.6 is 23.2 Å². The molecule has 0 radical (unpaired) electrons. The standard InChI is InChI=1S/C14H9Cl2NO/c15-11-5-6-13(16)12(7-11)14(18)10-3-1-9(8-17)2-4-10/h1-7,14,18H. The van der Waals surface area contributed by atoms with Crippen molar-refractivity contribution in [2.75, 3.05) is 0 Å². The Morgan fingerprint density at radius 3 is 2.33 bits per heavy atom. The molecule has 2 rings (SSSR count). The Balaban J connectivity index is 2.38. The highest BCUT2D eigenvalue weighted by molar-refractivity contribution is 6.33. The first-order valence-electron chi connectivity index (χ1n) is 5.25. The van der Waals surface area contributed by atoms with E-state index >= 15 is 0 Å². The number of aliphatic hydroxyl groups is 1. The number of benzene rings is 2. The lowest BCUT2D eigenvalue weighted by molar-refractivity contribution is 0.220. The van der Waals surface area contributed by atoms with Crippen LogP contribution in [0.2, 0.25) is 10.0 Å². The van der Waals surface area contributed by atoms with E-state index in [4.69, 9.17) is 28.5 Å². The first-order valence-corrected chi connectivity index (χ1v) is 6.00. The molecular formula is C14H9Cl2NO. The van der Waals surface area contributed by atoms with Crippen molar-refractivity contribution in [1.82, 2.24) is 0 Å². The van der Waals surface area contributed by atoms with Crippen LogP contribution in [0.3, 0.4) is 0 Å². The van der Waals surface area contributed by atoms with Gasteiger partial charge in [0.1, 0.15) is 6.10 Å². The minimum absolute atomic E-state index is 0.455. The van der Waals surface area contributed by atoms with E-state index in [0.29, 0.717) is 26.7 Å². The third kappa shape index (κ3) is 2.65. The van der Waals surface area contributed by atoms with E-state index < -0.39 is 6.10 Å². The second-order valence-electron chi connectivity index (χ2n) is 3.80. The van der Waals surface area contributed by atoms with Gasteiger partial charge in [-0.2, -0.15) is 5.26 Å². The predicted molar refractivity (Wildman–Crippen MR) is 71.7 cm³/mol. The van der Waals surface area contributed by atoms with Gasteiger partial charge >= 0.3 is 0 Å². The first kappa shape index (κ1) is 12.9. The summed E-state index contributed by atoms with van der Waals surface area (Å²) in [5.74, 6) is 0. The monoisotopic (exact) mass is 277 g/mol. The minimum Gasteiger partial charge on any atom is -0.384 e. The molecule has 0 fully saturated rings. The molecule has 4 heteroatoms. The van der Waals surface area contributed by atoms with Crippen molar-refractivity contribution in [3.05, 3.63) is 69.2 Å². The van der Waals surface area contributed by atoms with Gasteiger partial charge in [0.05, 0.1) is 11.6 Å². The van der Waals surface area contributed by atoms with Gasteiger partial charge in [-0.3, -0.25) is 0 Å². The molecule has 1 atom stereocenters. The summed E-state index contributed by atoms with van der Waals surface area (Å²) < 4.78 is 0. The van der Waals surface area contributed by atoms with E-state index in [1.54, 1.807) is 42.5 Å². The van der Waals surface area contributed by atoms with Crippen LogP contribution in [0.25, 0.3) is 0 Å². The van der Waals surface area contributed by atoms with E-state index in [1.807, 2.05) is 6.07 Å². The predicted octanol–water partition coefficient (Wildman–Crippen LogP) is 3.95. The average Bonchev–Trinajstić information content (AvgIpc) is 2.41. The summed E-state index contributed by atoms with van der Waals surface area (Å²) >= 11 is 11.9. The molecule has 18 heavy (non-hydrogen) atoms. The van der Waals surface area contributed by atoms with Gasteiger partial charge in [0, 0.05) is 15.6 Å². The fourth-order valence-corrected chi connectivity index (χ4v) is 2.05. The van der Waals surface area contributed by atoms with Gasteiger partial charge in [0.15, 0.2) is 0 Å². The fourth-order valence-electron chi connectivity index (χ4n) is 1.64. The lowest BCUT2D eigenvalue weighted by Gasteiger charge is -2.13. The lowest BCUT2D eigenvalue weighted by atomic mass is 10.0. The van der Waals surface area contributed by atoms with E-state index in [2.05, 4.69) is 0 Å². The van der Waals surface area contributed by atoms with Crippen LogP contribution in [-0.4, -0.2) is 5.11 Å². The SMILES string of the molecule is N#Cc1ccc(C(O)c2cc(Cl)ccc2Cl)cc1. The van der Waals surface area contributed by atoms with Crippen LogP contribution in [0.1, 0.15) is 22.8 Å². The number of halogens is 2. The molecule has 0 saturated heterocycles. The van der Waals surface area contributed by atoms with Crippen LogP contribution in [0.15, 0.2) is 42.5 Å². The van der Waals surface area contributed by atoms with Gasteiger partial charge in [0.2, 0.25) is 0 Å². The molecule has 2 aromatic rings. The summed E-state index contributed by atoms with van der Waals surface area (Å²) in [4.78, 5) is 0. The van der Waals surface area contributed by atoms with Crippen LogP contribution < -0.4 is 0 Å². The van der Waals surface area contributed by atoms with E-state index in [1.165, 1.54) is 0 Å². The fraction of sp³-hybridized carbons (Fsp3) is 0.0714. The van der Waals surface area contributed by atoms with Gasteiger partial charge in [-0.25, -0.2) is 0 Å². The summed E-state index contributed by atoms with van der Waals surface area (Å²) in [5.41, 5.74) is 1.76. The van der Waals surface area contributed by atoms with Crippen molar-refractivity contribution in [3.8, 4) is 6.07 Å². The van der Waals surface area contributed by atoms with Gasteiger partial charge in [0.25, 0.3) is 0 Å². The van der Waals surface area contributed by atoms with Crippen molar-refractivity contribution in [2.45, 2.75) is 6.10 Å². The third-order valence-electron chi connectivity index (χ3n) is 2.61. The van der Waals surface area contributed by atoms with Gasteiger partial charge in [-0.15, -0.1) is 0 Å². The van der Waals surface area contributed by atoms with Crippen molar-refractivity contribution in [2.24, 2.45) is 0 Å². The topological polar surface area (TPSA) is 44.0 Å². The number of rotatable bonds is 2. The van der Waals surface area contributed by atoms with Crippen molar-refractivity contribution in [1.29, 1.82) is 5.26 Å². The molecule has 90 valence electrons. The Kier molecular flexibility index (Phi) is 3.88. The van der Waals surface area contributed by atoms with Crippen molar-refractivity contribution in [3.63, 3.8) is 0 Å². The van der Waals surface area contributed by atoms with Crippen LogP contribution in [-0.2, 0) is 0 Å². The van der Waals surface area contributed by atoms with Crippen LogP contribution in [0.5, 0.6) is 0 Å². The Hall–Kier alpha value is -1.53. The van der Waals surface area contributed by atoms with Crippen molar-refractivity contribution < 1.29 is 5.11 Å². The maximum Gasteiger partial charge on any atom is 0.106 e. The zero-order valence-corrected chi connectivity index (χ0v) is 10.8. The van der Waals surface area contributed by atoms with Crippen LogP contribution in [0, 0.1) is 11.3 Å². The molecule has 2 aromatic carbocycles. The first-order chi connectivity index (χ1) is 8.61. The van der Waals surface area contributed by atoms with E-state index in [-0.39, 0.29) is 0 Å². The number of hydrogen-bond donors (Lipinski definition) is 1. The number of nitriles is 1. The number of aliphatic hydroxyl groups excluding tert-OH is 1. The molecule has 0 spiro atoms. The third-order valence-corrected chi connectivity index (χ3v) is 3.19. The summed E-state index contributed by atoms with van der Waals surface area (Å²) in [6.07, 6.45) is -0.857. The molecule has 0 aliphatic carbocycles. The Labute approximate surface area is 115 Å².